The van der Waals surface area contributed by atoms with Gasteiger partial charge in [-0.2, -0.15) is 0 Å². The molecule has 3 rings (SSSR count). The molecule has 4 nitrogen and oxygen atoms in total. The fourth-order valence-corrected chi connectivity index (χ4v) is 3.09. The van der Waals surface area contributed by atoms with Crippen LogP contribution in [0.15, 0.2) is 41.9 Å². The second-order valence-corrected chi connectivity index (χ2v) is 6.27. The van der Waals surface area contributed by atoms with Crippen LogP contribution >= 0.6 is 11.3 Å². The number of aromatic amines is 1. The minimum absolute atomic E-state index is 0.0974. The van der Waals surface area contributed by atoms with Crippen LogP contribution in [0.3, 0.4) is 0 Å². The summed E-state index contributed by atoms with van der Waals surface area (Å²) in [6, 6.07) is 7.89. The number of halogens is 1. The molecule has 0 fully saturated rings. The van der Waals surface area contributed by atoms with E-state index in [1.165, 1.54) is 23.5 Å². The van der Waals surface area contributed by atoms with Crippen LogP contribution in [0, 0.1) is 5.82 Å². The number of hydrogen-bond acceptors (Lipinski definition) is 3. The van der Waals surface area contributed by atoms with Gasteiger partial charge in [-0.15, -0.1) is 11.3 Å². The first-order valence-electron chi connectivity index (χ1n) is 6.78. The minimum Gasteiger partial charge on any atom is -0.383 e. The molecule has 3 aromatic rings. The van der Waals surface area contributed by atoms with Gasteiger partial charge < -0.3 is 15.4 Å². The molecule has 2 heterocycles. The molecule has 2 aromatic heterocycles. The summed E-state index contributed by atoms with van der Waals surface area (Å²) in [5, 5.41) is 15.7. The Kier molecular flexibility index (Phi) is 3.72. The normalized spacial score (nSPS) is 14.0. The zero-order valence-electron chi connectivity index (χ0n) is 11.9. The topological polar surface area (TPSA) is 65.1 Å². The number of aliphatic hydroxyl groups is 1. The lowest BCUT2D eigenvalue weighted by atomic mass is 10.0. The molecular weight excluding hydrogens is 303 g/mol. The molecule has 1 unspecified atom stereocenters. The molecule has 114 valence electrons. The van der Waals surface area contributed by atoms with Gasteiger partial charge in [-0.3, -0.25) is 4.79 Å². The van der Waals surface area contributed by atoms with Gasteiger partial charge in [0.15, 0.2) is 0 Å². The van der Waals surface area contributed by atoms with E-state index in [-0.39, 0.29) is 18.3 Å². The predicted octanol–water partition coefficient (Wildman–Crippen LogP) is 3.01. The van der Waals surface area contributed by atoms with Gasteiger partial charge in [-0.1, -0.05) is 6.07 Å². The first-order valence-corrected chi connectivity index (χ1v) is 7.66. The summed E-state index contributed by atoms with van der Waals surface area (Å²) in [7, 11) is 0. The second-order valence-electron chi connectivity index (χ2n) is 5.33. The summed E-state index contributed by atoms with van der Waals surface area (Å²) < 4.78 is 13.2. The quantitative estimate of drug-likeness (QED) is 0.692. The first-order chi connectivity index (χ1) is 10.5. The van der Waals surface area contributed by atoms with Crippen molar-refractivity contribution < 1.29 is 14.3 Å². The number of carbonyl (C=O) groups excluding carboxylic acids is 1. The predicted molar refractivity (Wildman–Crippen MR) is 84.5 cm³/mol. The summed E-state index contributed by atoms with van der Waals surface area (Å²) in [6.45, 7) is 1.75. The van der Waals surface area contributed by atoms with E-state index in [0.29, 0.717) is 16.5 Å². The van der Waals surface area contributed by atoms with Crippen molar-refractivity contribution >= 4 is 28.1 Å². The summed E-state index contributed by atoms with van der Waals surface area (Å²) in [5.74, 6) is -0.670. The molecule has 0 saturated carbocycles. The number of thiophene rings is 1. The standard InChI is InChI=1S/C16H15FN2O2S/c1-16(21,14-3-2-6-22-14)9-19-15(20)12-8-18-13-7-10(17)4-5-11(12)13/h2-8,18,21H,9H2,1H3,(H,19,20). The minimum atomic E-state index is -1.12. The number of rotatable bonds is 4. The van der Waals surface area contributed by atoms with Crippen LogP contribution < -0.4 is 5.32 Å². The molecule has 0 aliphatic heterocycles. The lowest BCUT2D eigenvalue weighted by Gasteiger charge is -2.22. The van der Waals surface area contributed by atoms with Crippen LogP contribution in [0.25, 0.3) is 10.9 Å². The Labute approximate surface area is 130 Å². The molecule has 1 aromatic carbocycles. The largest absolute Gasteiger partial charge is 0.383 e. The number of hydrogen-bond donors (Lipinski definition) is 3. The fourth-order valence-electron chi connectivity index (χ4n) is 2.31. The molecule has 22 heavy (non-hydrogen) atoms. The summed E-state index contributed by atoms with van der Waals surface area (Å²) >= 11 is 1.43. The van der Waals surface area contributed by atoms with Crippen LogP contribution in [0.1, 0.15) is 22.2 Å². The maximum atomic E-state index is 13.2. The zero-order valence-corrected chi connectivity index (χ0v) is 12.7. The third-order valence-electron chi connectivity index (χ3n) is 3.53. The Hall–Kier alpha value is -2.18. The number of nitrogens with one attached hydrogen (secondary N) is 2. The highest BCUT2D eigenvalue weighted by atomic mass is 32.1. The summed E-state index contributed by atoms with van der Waals surface area (Å²) in [6.07, 6.45) is 1.54. The van der Waals surface area contributed by atoms with Crippen LogP contribution in [0.4, 0.5) is 4.39 Å². The van der Waals surface area contributed by atoms with Crippen molar-refractivity contribution in [2.75, 3.05) is 6.54 Å². The number of benzene rings is 1. The van der Waals surface area contributed by atoms with Crippen molar-refractivity contribution in [3.63, 3.8) is 0 Å². The average Bonchev–Trinajstić information content (AvgIpc) is 3.14. The monoisotopic (exact) mass is 318 g/mol. The highest BCUT2D eigenvalue weighted by Crippen LogP contribution is 2.25. The van der Waals surface area contributed by atoms with E-state index in [4.69, 9.17) is 0 Å². The van der Waals surface area contributed by atoms with Crippen LogP contribution in [0.2, 0.25) is 0 Å². The van der Waals surface area contributed by atoms with Crippen molar-refractivity contribution in [1.82, 2.24) is 10.3 Å². The zero-order chi connectivity index (χ0) is 15.7. The lowest BCUT2D eigenvalue weighted by Crippen LogP contribution is -2.38. The van der Waals surface area contributed by atoms with Gasteiger partial charge in [0.1, 0.15) is 11.4 Å². The number of fused-ring (bicyclic) bond motifs is 1. The molecule has 0 aliphatic rings. The third-order valence-corrected chi connectivity index (χ3v) is 4.66. The molecule has 0 aliphatic carbocycles. The molecule has 0 bridgehead atoms. The molecule has 6 heteroatoms. The van der Waals surface area contributed by atoms with Gasteiger partial charge in [0.05, 0.1) is 12.1 Å². The fraction of sp³-hybridized carbons (Fsp3) is 0.188. The van der Waals surface area contributed by atoms with Crippen molar-refractivity contribution in [2.24, 2.45) is 0 Å². The highest BCUT2D eigenvalue weighted by molar-refractivity contribution is 7.10. The Morgan fingerprint density at radius 1 is 1.45 bits per heavy atom. The SMILES string of the molecule is CC(O)(CNC(=O)c1c[nH]c2cc(F)ccc12)c1cccs1. The van der Waals surface area contributed by atoms with Gasteiger partial charge in [0.25, 0.3) is 5.91 Å². The third kappa shape index (κ3) is 2.75. The molecular formula is C16H15FN2O2S. The number of amides is 1. The van der Waals surface area contributed by atoms with E-state index in [9.17, 15) is 14.3 Å². The Bertz CT molecular complexity index is 809. The van der Waals surface area contributed by atoms with Gasteiger partial charge in [0.2, 0.25) is 0 Å². The van der Waals surface area contributed by atoms with E-state index >= 15 is 0 Å². The van der Waals surface area contributed by atoms with E-state index in [0.717, 1.165) is 4.88 Å². The summed E-state index contributed by atoms with van der Waals surface area (Å²) in [5.41, 5.74) is -0.130. The number of H-pyrrole nitrogens is 1. The lowest BCUT2D eigenvalue weighted by molar-refractivity contribution is 0.0557. The molecule has 0 spiro atoms. The Balaban J connectivity index is 1.77. The van der Waals surface area contributed by atoms with Gasteiger partial charge in [-0.25, -0.2) is 4.39 Å². The molecule has 0 saturated heterocycles. The average molecular weight is 318 g/mol. The van der Waals surface area contributed by atoms with E-state index < -0.39 is 5.60 Å². The van der Waals surface area contributed by atoms with Gasteiger partial charge in [0, 0.05) is 22.0 Å². The van der Waals surface area contributed by atoms with Gasteiger partial charge >= 0.3 is 0 Å². The summed E-state index contributed by atoms with van der Waals surface area (Å²) in [4.78, 5) is 15.9. The van der Waals surface area contributed by atoms with Crippen LogP contribution in [0.5, 0.6) is 0 Å². The van der Waals surface area contributed by atoms with Crippen LogP contribution in [-0.4, -0.2) is 22.5 Å². The maximum absolute atomic E-state index is 13.2. The highest BCUT2D eigenvalue weighted by Gasteiger charge is 2.25. The molecule has 1 amide bonds. The molecule has 1 atom stereocenters. The second kappa shape index (κ2) is 5.55. The van der Waals surface area contributed by atoms with Crippen molar-refractivity contribution in [1.29, 1.82) is 0 Å². The Morgan fingerprint density at radius 2 is 2.27 bits per heavy atom. The smallest absolute Gasteiger partial charge is 0.253 e. The Morgan fingerprint density at radius 3 is 3.00 bits per heavy atom. The number of aromatic nitrogens is 1. The van der Waals surface area contributed by atoms with Crippen molar-refractivity contribution in [2.45, 2.75) is 12.5 Å². The van der Waals surface area contributed by atoms with Crippen molar-refractivity contribution in [3.05, 3.63) is 58.2 Å². The van der Waals surface area contributed by atoms with E-state index in [2.05, 4.69) is 10.3 Å². The number of carbonyl (C=O) groups is 1. The van der Waals surface area contributed by atoms with E-state index in [1.54, 1.807) is 19.2 Å². The maximum Gasteiger partial charge on any atom is 0.253 e. The van der Waals surface area contributed by atoms with Crippen LogP contribution in [-0.2, 0) is 5.60 Å². The molecule has 0 radical (unpaired) electrons. The van der Waals surface area contributed by atoms with Crippen molar-refractivity contribution in [3.8, 4) is 0 Å². The first kappa shape index (κ1) is 14.7. The van der Waals surface area contributed by atoms with Gasteiger partial charge in [-0.05, 0) is 36.6 Å². The van der Waals surface area contributed by atoms with E-state index in [1.807, 2.05) is 17.5 Å². The molecule has 3 N–H and O–H groups in total.